The molecule has 0 rings (SSSR count). The van der Waals surface area contributed by atoms with Gasteiger partial charge in [-0.25, -0.2) is 9.59 Å². The average Bonchev–Trinajstić information content (AvgIpc) is 2.39. The van der Waals surface area contributed by atoms with Crippen molar-refractivity contribution >= 4 is 11.9 Å². The lowest BCUT2D eigenvalue weighted by molar-refractivity contribution is -0.136. The molecular weight excluding hydrogens is 264 g/mol. The third-order valence-corrected chi connectivity index (χ3v) is 2.34. The molecule has 0 aliphatic heterocycles. The lowest BCUT2D eigenvalue weighted by atomic mass is 10.0. The third kappa shape index (κ3) is 7.50. The van der Waals surface area contributed by atoms with Gasteiger partial charge in [-0.3, -0.25) is 0 Å². The molecule has 0 spiro atoms. The zero-order chi connectivity index (χ0) is 15.4. The van der Waals surface area contributed by atoms with E-state index in [1.54, 1.807) is 0 Å². The first-order valence-corrected chi connectivity index (χ1v) is 6.10. The fourth-order valence-electron chi connectivity index (χ4n) is 1.46. The monoisotopic (exact) mass is 284 g/mol. The van der Waals surface area contributed by atoms with Crippen molar-refractivity contribution in [2.24, 2.45) is 0 Å². The van der Waals surface area contributed by atoms with E-state index in [4.69, 9.17) is 19.7 Å². The third-order valence-electron chi connectivity index (χ3n) is 2.34. The van der Waals surface area contributed by atoms with Gasteiger partial charge < -0.3 is 19.7 Å². The lowest BCUT2D eigenvalue weighted by Gasteiger charge is -2.09. The van der Waals surface area contributed by atoms with Gasteiger partial charge in [0.05, 0.1) is 26.4 Å². The Morgan fingerprint density at radius 2 is 1.20 bits per heavy atom. The molecule has 0 aliphatic carbocycles. The zero-order valence-corrected chi connectivity index (χ0v) is 11.3. The second-order valence-electron chi connectivity index (χ2n) is 3.79. The lowest BCUT2D eigenvalue weighted by Crippen LogP contribution is -2.15. The number of carboxylic acid groups (broad SMARTS) is 2. The average molecular weight is 284 g/mol. The van der Waals surface area contributed by atoms with Crippen LogP contribution in [0, 0.1) is 0 Å². The largest absolute Gasteiger partial charge is 0.478 e. The van der Waals surface area contributed by atoms with Gasteiger partial charge in [-0.05, 0) is 0 Å². The summed E-state index contributed by atoms with van der Waals surface area (Å²) in [5.41, 5.74) is -0.326. The van der Waals surface area contributed by atoms with Crippen LogP contribution in [0.3, 0.4) is 0 Å². The summed E-state index contributed by atoms with van der Waals surface area (Å²) in [6, 6.07) is 0. The van der Waals surface area contributed by atoms with Crippen molar-refractivity contribution in [2.75, 3.05) is 26.4 Å². The fourth-order valence-corrected chi connectivity index (χ4v) is 1.46. The van der Waals surface area contributed by atoms with Gasteiger partial charge in [0, 0.05) is 24.0 Å². The van der Waals surface area contributed by atoms with Gasteiger partial charge in [-0.15, -0.1) is 13.2 Å². The van der Waals surface area contributed by atoms with E-state index in [9.17, 15) is 9.59 Å². The van der Waals surface area contributed by atoms with E-state index in [1.165, 1.54) is 12.2 Å². The van der Waals surface area contributed by atoms with Crippen LogP contribution in [0.2, 0.25) is 0 Å². The molecule has 6 heteroatoms. The number of ether oxygens (including phenoxy) is 2. The summed E-state index contributed by atoms with van der Waals surface area (Å²) in [6.45, 7) is 7.75. The summed E-state index contributed by atoms with van der Waals surface area (Å²) in [6.07, 6.45) is 3.11. The summed E-state index contributed by atoms with van der Waals surface area (Å²) < 4.78 is 10.2. The van der Waals surface area contributed by atoms with E-state index < -0.39 is 11.9 Å². The molecule has 0 atom stereocenters. The molecule has 112 valence electrons. The topological polar surface area (TPSA) is 93.1 Å². The molecule has 0 fully saturated rings. The van der Waals surface area contributed by atoms with Gasteiger partial charge in [0.15, 0.2) is 0 Å². The van der Waals surface area contributed by atoms with Crippen molar-refractivity contribution in [3.05, 3.63) is 36.5 Å². The second-order valence-corrected chi connectivity index (χ2v) is 3.79. The quantitative estimate of drug-likeness (QED) is 0.321. The maximum atomic E-state index is 11.1. The summed E-state index contributed by atoms with van der Waals surface area (Å²) in [7, 11) is 0. The molecule has 0 aromatic carbocycles. The first-order valence-electron chi connectivity index (χ1n) is 6.10. The summed E-state index contributed by atoms with van der Waals surface area (Å²) in [4.78, 5) is 22.3. The zero-order valence-electron chi connectivity index (χ0n) is 11.3. The number of hydrogen-bond donors (Lipinski definition) is 2. The highest BCUT2D eigenvalue weighted by Crippen LogP contribution is 2.14. The minimum atomic E-state index is -1.26. The van der Waals surface area contributed by atoms with Crippen molar-refractivity contribution < 1.29 is 29.3 Å². The molecule has 20 heavy (non-hydrogen) atoms. The van der Waals surface area contributed by atoms with Gasteiger partial charge in [-0.1, -0.05) is 12.2 Å². The van der Waals surface area contributed by atoms with E-state index in [0.717, 1.165) is 0 Å². The Labute approximate surface area is 118 Å². The van der Waals surface area contributed by atoms with Crippen molar-refractivity contribution in [3.63, 3.8) is 0 Å². The smallest absolute Gasteiger partial charge is 0.332 e. The van der Waals surface area contributed by atoms with Crippen LogP contribution in [0.25, 0.3) is 0 Å². The molecule has 0 aromatic rings. The molecule has 2 N–H and O–H groups in total. The molecule has 0 saturated carbocycles. The number of carboxylic acids is 2. The van der Waals surface area contributed by atoms with Crippen molar-refractivity contribution in [1.82, 2.24) is 0 Å². The Morgan fingerprint density at radius 1 is 0.850 bits per heavy atom. The highest BCUT2D eigenvalue weighted by Gasteiger charge is 2.19. The Balaban J connectivity index is 4.75. The van der Waals surface area contributed by atoms with Crippen LogP contribution >= 0.6 is 0 Å². The van der Waals surface area contributed by atoms with Gasteiger partial charge in [0.25, 0.3) is 0 Å². The number of aliphatic carboxylic acids is 2. The summed E-state index contributed by atoms with van der Waals surface area (Å²) in [5, 5.41) is 18.2. The van der Waals surface area contributed by atoms with Crippen molar-refractivity contribution in [2.45, 2.75) is 12.8 Å². The molecule has 0 aliphatic rings. The molecule has 0 bridgehead atoms. The molecule has 0 aromatic heterocycles. The van der Waals surface area contributed by atoms with Crippen LogP contribution in [0.4, 0.5) is 0 Å². The fraction of sp³-hybridized carbons (Fsp3) is 0.429. The first-order chi connectivity index (χ1) is 9.54. The Morgan fingerprint density at radius 3 is 1.45 bits per heavy atom. The Hall–Kier alpha value is -1.92. The molecule has 0 radical (unpaired) electrons. The van der Waals surface area contributed by atoms with Crippen molar-refractivity contribution in [1.29, 1.82) is 0 Å². The Kier molecular flexibility index (Phi) is 9.90. The van der Waals surface area contributed by atoms with E-state index in [1.807, 2.05) is 0 Å². The molecule has 0 saturated heterocycles. The van der Waals surface area contributed by atoms with Crippen LogP contribution in [0.1, 0.15) is 12.8 Å². The number of rotatable bonds is 12. The number of carbonyl (C=O) groups is 2. The van der Waals surface area contributed by atoms with Gasteiger partial charge >= 0.3 is 11.9 Å². The standard InChI is InChI=1S/C14H20O6/c1-3-7-19-9-5-11(13(15)16)12(14(17)18)6-10-20-8-4-2/h3-4H,1-2,5-10H2,(H,15,16)(H,17,18)/b12-11+. The molecular formula is C14H20O6. The Bertz CT molecular complexity index is 347. The predicted molar refractivity (Wildman–Crippen MR) is 73.6 cm³/mol. The minimum Gasteiger partial charge on any atom is -0.478 e. The highest BCUT2D eigenvalue weighted by atomic mass is 16.5. The normalized spacial score (nSPS) is 11.6. The minimum absolute atomic E-state index is 0.0201. The summed E-state index contributed by atoms with van der Waals surface area (Å²) in [5.74, 6) is -2.51. The molecule has 0 heterocycles. The van der Waals surface area contributed by atoms with Crippen LogP contribution in [-0.2, 0) is 19.1 Å². The second kappa shape index (κ2) is 11.0. The van der Waals surface area contributed by atoms with Crippen LogP contribution < -0.4 is 0 Å². The van der Waals surface area contributed by atoms with Gasteiger partial charge in [0.2, 0.25) is 0 Å². The van der Waals surface area contributed by atoms with Crippen LogP contribution in [0.15, 0.2) is 36.5 Å². The predicted octanol–water partition coefficient (Wildman–Crippen LogP) is 1.64. The van der Waals surface area contributed by atoms with E-state index in [0.29, 0.717) is 0 Å². The van der Waals surface area contributed by atoms with Crippen LogP contribution in [0.5, 0.6) is 0 Å². The highest BCUT2D eigenvalue weighted by molar-refractivity contribution is 5.98. The molecule has 0 amide bonds. The summed E-state index contributed by atoms with van der Waals surface area (Å²) >= 11 is 0. The SMILES string of the molecule is C=CCOCC/C(C(=O)O)=C(/CCOCC=C)C(=O)O. The first kappa shape index (κ1) is 18.1. The van der Waals surface area contributed by atoms with E-state index in [-0.39, 0.29) is 50.4 Å². The maximum Gasteiger partial charge on any atom is 0.332 e. The van der Waals surface area contributed by atoms with Crippen molar-refractivity contribution in [3.8, 4) is 0 Å². The van der Waals surface area contributed by atoms with E-state index in [2.05, 4.69) is 13.2 Å². The molecule has 6 nitrogen and oxygen atoms in total. The maximum absolute atomic E-state index is 11.1. The number of hydrogen-bond acceptors (Lipinski definition) is 4. The molecule has 0 unspecified atom stereocenters. The van der Waals surface area contributed by atoms with Crippen LogP contribution in [-0.4, -0.2) is 48.6 Å². The van der Waals surface area contributed by atoms with Gasteiger partial charge in [-0.2, -0.15) is 0 Å². The van der Waals surface area contributed by atoms with E-state index >= 15 is 0 Å². The van der Waals surface area contributed by atoms with Gasteiger partial charge in [0.1, 0.15) is 0 Å².